The van der Waals surface area contributed by atoms with Crippen molar-refractivity contribution < 1.29 is 18.8 Å². The summed E-state index contributed by atoms with van der Waals surface area (Å²) in [5.74, 6) is -1.60. The van der Waals surface area contributed by atoms with Crippen LogP contribution in [0.3, 0.4) is 0 Å². The van der Waals surface area contributed by atoms with Crippen molar-refractivity contribution in [3.05, 3.63) is 28.2 Å². The third kappa shape index (κ3) is 1.82. The van der Waals surface area contributed by atoms with E-state index in [1.807, 2.05) is 0 Å². The van der Waals surface area contributed by atoms with E-state index >= 15 is 0 Å². The van der Waals surface area contributed by atoms with Crippen LogP contribution in [0.1, 0.15) is 0 Å². The van der Waals surface area contributed by atoms with Gasteiger partial charge in [-0.05, 0) is 28.1 Å². The number of benzene rings is 1. The van der Waals surface area contributed by atoms with Crippen molar-refractivity contribution in [3.8, 4) is 0 Å². The summed E-state index contributed by atoms with van der Waals surface area (Å²) in [6.07, 6.45) is 0. The highest BCUT2D eigenvalue weighted by Gasteiger charge is 2.18. The maximum atomic E-state index is 12.8. The van der Waals surface area contributed by atoms with Gasteiger partial charge in [-0.2, -0.15) is 0 Å². The minimum absolute atomic E-state index is 0.0515. The van der Waals surface area contributed by atoms with Crippen molar-refractivity contribution in [1.82, 2.24) is 0 Å². The fraction of sp³-hybridized carbons (Fsp3) is 0. The van der Waals surface area contributed by atoms with Crippen LogP contribution >= 0.6 is 15.9 Å². The lowest BCUT2D eigenvalue weighted by Gasteiger charge is -2.02. The number of hydrogen-bond acceptors (Lipinski definition) is 2. The molecule has 0 aromatic heterocycles. The highest BCUT2D eigenvalue weighted by molar-refractivity contribution is 9.10. The molecular weight excluding hydrogens is 233 g/mol. The zero-order valence-corrected chi connectivity index (χ0v) is 7.35. The van der Waals surface area contributed by atoms with E-state index in [9.17, 15) is 8.78 Å². The molecule has 6 heteroatoms. The fourth-order valence-corrected chi connectivity index (χ4v) is 1.05. The molecule has 0 bridgehead atoms. The van der Waals surface area contributed by atoms with Crippen molar-refractivity contribution >= 4 is 28.5 Å². The van der Waals surface area contributed by atoms with Gasteiger partial charge in [-0.3, -0.25) is 0 Å². The van der Waals surface area contributed by atoms with Crippen molar-refractivity contribution in [1.29, 1.82) is 0 Å². The summed E-state index contributed by atoms with van der Waals surface area (Å²) in [7, 11) is -1.99. The minimum atomic E-state index is -1.99. The Bertz CT molecular complexity index is 306. The monoisotopic (exact) mass is 236 g/mol. The first-order valence-electron chi connectivity index (χ1n) is 3.03. The SMILES string of the molecule is OB(O)c1cc(F)c(Br)cc1F. The Hall–Kier alpha value is -0.455. The Morgan fingerprint density at radius 1 is 1.17 bits per heavy atom. The van der Waals surface area contributed by atoms with Gasteiger partial charge in [-0.1, -0.05) is 0 Å². The molecule has 64 valence electrons. The quantitative estimate of drug-likeness (QED) is 0.548. The first kappa shape index (κ1) is 9.63. The van der Waals surface area contributed by atoms with Gasteiger partial charge >= 0.3 is 7.12 Å². The van der Waals surface area contributed by atoms with Crippen LogP contribution in [0.25, 0.3) is 0 Å². The number of halogens is 3. The molecule has 0 spiro atoms. The summed E-state index contributed by atoms with van der Waals surface area (Å²) < 4.78 is 25.4. The molecule has 12 heavy (non-hydrogen) atoms. The zero-order chi connectivity index (χ0) is 9.30. The lowest BCUT2D eigenvalue weighted by atomic mass is 9.80. The van der Waals surface area contributed by atoms with Gasteiger partial charge in [-0.15, -0.1) is 0 Å². The summed E-state index contributed by atoms with van der Waals surface area (Å²) >= 11 is 2.75. The van der Waals surface area contributed by atoms with Gasteiger partial charge in [0.25, 0.3) is 0 Å². The van der Waals surface area contributed by atoms with Crippen LogP contribution in [-0.2, 0) is 0 Å². The van der Waals surface area contributed by atoms with Gasteiger partial charge < -0.3 is 10.0 Å². The highest BCUT2D eigenvalue weighted by Crippen LogP contribution is 2.14. The minimum Gasteiger partial charge on any atom is -0.423 e. The molecule has 0 heterocycles. The van der Waals surface area contributed by atoms with Crippen LogP contribution < -0.4 is 5.46 Å². The van der Waals surface area contributed by atoms with Gasteiger partial charge in [0, 0.05) is 5.46 Å². The van der Waals surface area contributed by atoms with Crippen LogP contribution in [0.2, 0.25) is 0 Å². The first-order valence-corrected chi connectivity index (χ1v) is 3.82. The molecule has 2 N–H and O–H groups in total. The Labute approximate surface area is 76.1 Å². The van der Waals surface area contributed by atoms with E-state index in [-0.39, 0.29) is 4.47 Å². The van der Waals surface area contributed by atoms with E-state index in [1.165, 1.54) is 0 Å². The molecule has 0 amide bonds. The molecule has 0 aliphatic heterocycles. The molecule has 0 radical (unpaired) electrons. The van der Waals surface area contributed by atoms with E-state index in [4.69, 9.17) is 10.0 Å². The van der Waals surface area contributed by atoms with Crippen molar-refractivity contribution in [3.63, 3.8) is 0 Å². The molecule has 0 aliphatic carbocycles. The van der Waals surface area contributed by atoms with E-state index in [0.29, 0.717) is 0 Å². The largest absolute Gasteiger partial charge is 0.491 e. The highest BCUT2D eigenvalue weighted by atomic mass is 79.9. The second-order valence-electron chi connectivity index (χ2n) is 2.16. The Kier molecular flexibility index (Phi) is 2.82. The summed E-state index contributed by atoms with van der Waals surface area (Å²) in [5.41, 5.74) is -0.476. The third-order valence-electron chi connectivity index (χ3n) is 1.32. The maximum Gasteiger partial charge on any atom is 0.491 e. The van der Waals surface area contributed by atoms with Crippen molar-refractivity contribution in [2.45, 2.75) is 0 Å². The van der Waals surface area contributed by atoms with Crippen LogP contribution in [0.5, 0.6) is 0 Å². The lowest BCUT2D eigenvalue weighted by molar-refractivity contribution is 0.422. The average Bonchev–Trinajstić information content (AvgIpc) is 1.96. The molecule has 0 unspecified atom stereocenters. The van der Waals surface area contributed by atoms with Crippen LogP contribution in [0, 0.1) is 11.6 Å². The van der Waals surface area contributed by atoms with Gasteiger partial charge in [0.2, 0.25) is 0 Å². The van der Waals surface area contributed by atoms with Gasteiger partial charge in [0.15, 0.2) is 0 Å². The van der Waals surface area contributed by atoms with Gasteiger partial charge in [0.1, 0.15) is 11.6 Å². The summed E-state index contributed by atoms with van der Waals surface area (Å²) in [6.45, 7) is 0. The maximum absolute atomic E-state index is 12.8. The normalized spacial score (nSPS) is 10.1. The Morgan fingerprint density at radius 3 is 2.25 bits per heavy atom. The van der Waals surface area contributed by atoms with Gasteiger partial charge in [0.05, 0.1) is 4.47 Å². The average molecular weight is 237 g/mol. The van der Waals surface area contributed by atoms with Gasteiger partial charge in [-0.25, -0.2) is 8.78 Å². The molecule has 1 aromatic rings. The topological polar surface area (TPSA) is 40.5 Å². The predicted molar refractivity (Wildman–Crippen MR) is 43.9 cm³/mol. The Balaban J connectivity index is 3.23. The lowest BCUT2D eigenvalue weighted by Crippen LogP contribution is -2.33. The molecule has 0 aliphatic rings. The van der Waals surface area contributed by atoms with Crippen molar-refractivity contribution in [2.24, 2.45) is 0 Å². The first-order chi connectivity index (χ1) is 5.52. The summed E-state index contributed by atoms with van der Waals surface area (Å²) in [4.78, 5) is 0. The summed E-state index contributed by atoms with van der Waals surface area (Å²) in [6, 6.07) is 1.56. The second-order valence-corrected chi connectivity index (χ2v) is 3.02. The third-order valence-corrected chi connectivity index (χ3v) is 1.93. The Morgan fingerprint density at radius 2 is 1.75 bits per heavy atom. The number of hydrogen-bond donors (Lipinski definition) is 2. The fourth-order valence-electron chi connectivity index (χ4n) is 0.736. The van der Waals surface area contributed by atoms with E-state index < -0.39 is 24.2 Å². The molecule has 2 nitrogen and oxygen atoms in total. The van der Waals surface area contributed by atoms with E-state index in [2.05, 4.69) is 15.9 Å². The van der Waals surface area contributed by atoms with Crippen LogP contribution in [0.15, 0.2) is 16.6 Å². The predicted octanol–water partition coefficient (Wildman–Crippen LogP) is 0.407. The zero-order valence-electron chi connectivity index (χ0n) is 5.76. The number of rotatable bonds is 1. The molecule has 1 rings (SSSR count). The summed E-state index contributed by atoms with van der Waals surface area (Å²) in [5, 5.41) is 17.1. The molecule has 1 aromatic carbocycles. The second kappa shape index (κ2) is 3.51. The van der Waals surface area contributed by atoms with Crippen LogP contribution in [0.4, 0.5) is 8.78 Å². The molecular formula is C6H4BBrF2O2. The molecule has 0 fully saturated rings. The molecule has 0 saturated carbocycles. The molecule has 0 saturated heterocycles. The van der Waals surface area contributed by atoms with Crippen molar-refractivity contribution in [2.75, 3.05) is 0 Å². The van der Waals surface area contributed by atoms with Crippen LogP contribution in [-0.4, -0.2) is 17.2 Å². The smallest absolute Gasteiger partial charge is 0.423 e. The standard InChI is InChI=1S/C6H4BBrF2O2/c8-4-2-5(9)3(7(11)12)1-6(4)10/h1-2,11-12H. The van der Waals surface area contributed by atoms with E-state index in [1.54, 1.807) is 0 Å². The molecule has 0 atom stereocenters. The van der Waals surface area contributed by atoms with E-state index in [0.717, 1.165) is 12.1 Å².